The molecule has 17 heavy (non-hydrogen) atoms. The van der Waals surface area contributed by atoms with Gasteiger partial charge in [0.2, 0.25) is 5.91 Å². The molecular formula is C13H19NO3. The second kappa shape index (κ2) is 7.81. The fraction of sp³-hybridized carbons (Fsp3) is 0.462. The van der Waals surface area contributed by atoms with E-state index < -0.39 is 0 Å². The molecule has 0 aliphatic rings. The summed E-state index contributed by atoms with van der Waals surface area (Å²) in [6.07, 6.45) is 1.10. The van der Waals surface area contributed by atoms with Crippen LogP contribution in [0, 0.1) is 0 Å². The highest BCUT2D eigenvalue weighted by Crippen LogP contribution is 2.11. The average Bonchev–Trinajstić information content (AvgIpc) is 2.37. The first-order valence-corrected chi connectivity index (χ1v) is 5.72. The maximum Gasteiger partial charge on any atom is 0.220 e. The molecule has 0 aliphatic heterocycles. The standard InChI is InChI=1S/C13H19NO3/c1-17-9-5-8-13(16)14-12(10-15)11-6-3-2-4-7-11/h2-4,6-7,12,15H,5,8-10H2,1H3,(H,14,16)/t12-/m0/s1. The number of aliphatic hydroxyl groups excluding tert-OH is 1. The van der Waals surface area contributed by atoms with E-state index >= 15 is 0 Å². The molecule has 4 nitrogen and oxygen atoms in total. The molecule has 0 radical (unpaired) electrons. The zero-order chi connectivity index (χ0) is 12.5. The van der Waals surface area contributed by atoms with Gasteiger partial charge in [-0.2, -0.15) is 0 Å². The van der Waals surface area contributed by atoms with E-state index in [-0.39, 0.29) is 18.6 Å². The van der Waals surface area contributed by atoms with Gasteiger partial charge in [-0.15, -0.1) is 0 Å². The third-order valence-corrected chi connectivity index (χ3v) is 2.47. The lowest BCUT2D eigenvalue weighted by molar-refractivity contribution is -0.122. The molecular weight excluding hydrogens is 218 g/mol. The number of rotatable bonds is 7. The van der Waals surface area contributed by atoms with Gasteiger partial charge in [-0.05, 0) is 12.0 Å². The van der Waals surface area contributed by atoms with Crippen molar-refractivity contribution in [2.24, 2.45) is 0 Å². The number of methoxy groups -OCH3 is 1. The Labute approximate surface area is 102 Å². The van der Waals surface area contributed by atoms with E-state index in [4.69, 9.17) is 4.74 Å². The summed E-state index contributed by atoms with van der Waals surface area (Å²) in [6, 6.07) is 9.11. The van der Waals surface area contributed by atoms with Crippen LogP contribution in [-0.4, -0.2) is 31.3 Å². The molecule has 0 aliphatic carbocycles. The van der Waals surface area contributed by atoms with Crippen molar-refractivity contribution in [2.75, 3.05) is 20.3 Å². The maximum absolute atomic E-state index is 11.6. The topological polar surface area (TPSA) is 58.6 Å². The summed E-state index contributed by atoms with van der Waals surface area (Å²) in [6.45, 7) is 0.475. The molecule has 4 heteroatoms. The van der Waals surface area contributed by atoms with E-state index in [1.54, 1.807) is 7.11 Å². The number of hydrogen-bond donors (Lipinski definition) is 2. The fourth-order valence-corrected chi connectivity index (χ4v) is 1.56. The van der Waals surface area contributed by atoms with Crippen LogP contribution in [0.5, 0.6) is 0 Å². The zero-order valence-corrected chi connectivity index (χ0v) is 10.1. The Bertz CT molecular complexity index is 327. The van der Waals surface area contributed by atoms with Crippen LogP contribution >= 0.6 is 0 Å². The van der Waals surface area contributed by atoms with Gasteiger partial charge in [0.05, 0.1) is 12.6 Å². The molecule has 0 saturated carbocycles. The Morgan fingerprint density at radius 3 is 2.71 bits per heavy atom. The van der Waals surface area contributed by atoms with Crippen LogP contribution in [-0.2, 0) is 9.53 Å². The average molecular weight is 237 g/mol. The molecule has 0 bridgehead atoms. The van der Waals surface area contributed by atoms with E-state index in [0.29, 0.717) is 19.4 Å². The van der Waals surface area contributed by atoms with Gasteiger partial charge in [-0.25, -0.2) is 0 Å². The molecule has 1 rings (SSSR count). The van der Waals surface area contributed by atoms with Crippen molar-refractivity contribution < 1.29 is 14.6 Å². The normalized spacial score (nSPS) is 12.1. The molecule has 1 aromatic rings. The van der Waals surface area contributed by atoms with Crippen LogP contribution in [0.25, 0.3) is 0 Å². The highest BCUT2D eigenvalue weighted by atomic mass is 16.5. The fourth-order valence-electron chi connectivity index (χ4n) is 1.56. The molecule has 0 saturated heterocycles. The van der Waals surface area contributed by atoms with Crippen molar-refractivity contribution in [1.82, 2.24) is 5.32 Å². The third kappa shape index (κ3) is 4.97. The predicted molar refractivity (Wildman–Crippen MR) is 65.5 cm³/mol. The Kier molecular flexibility index (Phi) is 6.29. The van der Waals surface area contributed by atoms with Crippen LogP contribution in [0.2, 0.25) is 0 Å². The number of ether oxygens (including phenoxy) is 1. The van der Waals surface area contributed by atoms with Crippen molar-refractivity contribution in [3.05, 3.63) is 35.9 Å². The monoisotopic (exact) mass is 237 g/mol. The molecule has 1 aromatic carbocycles. The molecule has 1 atom stereocenters. The highest BCUT2D eigenvalue weighted by molar-refractivity contribution is 5.76. The van der Waals surface area contributed by atoms with Gasteiger partial charge < -0.3 is 15.2 Å². The quantitative estimate of drug-likeness (QED) is 0.702. The van der Waals surface area contributed by atoms with Crippen molar-refractivity contribution in [3.63, 3.8) is 0 Å². The number of aliphatic hydroxyl groups is 1. The molecule has 1 amide bonds. The SMILES string of the molecule is COCCCC(=O)N[C@@H](CO)c1ccccc1. The molecule has 0 spiro atoms. The second-order valence-corrected chi connectivity index (χ2v) is 3.81. The highest BCUT2D eigenvalue weighted by Gasteiger charge is 2.12. The summed E-state index contributed by atoms with van der Waals surface area (Å²) >= 11 is 0. The third-order valence-electron chi connectivity index (χ3n) is 2.47. The van der Waals surface area contributed by atoms with Gasteiger partial charge in [0.1, 0.15) is 0 Å². The molecule has 0 unspecified atom stereocenters. The van der Waals surface area contributed by atoms with Crippen LogP contribution in [0.1, 0.15) is 24.4 Å². The van der Waals surface area contributed by atoms with Crippen molar-refractivity contribution in [2.45, 2.75) is 18.9 Å². The lowest BCUT2D eigenvalue weighted by Crippen LogP contribution is -2.30. The van der Waals surface area contributed by atoms with Gasteiger partial charge in [0, 0.05) is 20.1 Å². The number of benzene rings is 1. The minimum atomic E-state index is -0.328. The van der Waals surface area contributed by atoms with Crippen molar-refractivity contribution in [1.29, 1.82) is 0 Å². The number of nitrogens with one attached hydrogen (secondary N) is 1. The Hall–Kier alpha value is -1.39. The number of carbonyl (C=O) groups excluding carboxylic acids is 1. The van der Waals surface area contributed by atoms with E-state index in [0.717, 1.165) is 5.56 Å². The Balaban J connectivity index is 2.44. The van der Waals surface area contributed by atoms with Gasteiger partial charge in [-0.3, -0.25) is 4.79 Å². The van der Waals surface area contributed by atoms with E-state index in [9.17, 15) is 9.90 Å². The molecule has 0 fully saturated rings. The van der Waals surface area contributed by atoms with Gasteiger partial charge in [-0.1, -0.05) is 30.3 Å². The van der Waals surface area contributed by atoms with E-state index in [1.165, 1.54) is 0 Å². The molecule has 2 N–H and O–H groups in total. The van der Waals surface area contributed by atoms with Crippen LogP contribution in [0.15, 0.2) is 30.3 Å². The van der Waals surface area contributed by atoms with Crippen molar-refractivity contribution >= 4 is 5.91 Å². The van der Waals surface area contributed by atoms with E-state index in [2.05, 4.69) is 5.32 Å². The largest absolute Gasteiger partial charge is 0.394 e. The number of hydrogen-bond acceptors (Lipinski definition) is 3. The number of carbonyl (C=O) groups is 1. The van der Waals surface area contributed by atoms with Gasteiger partial charge in [0.25, 0.3) is 0 Å². The lowest BCUT2D eigenvalue weighted by Gasteiger charge is -2.16. The molecule has 0 heterocycles. The first-order chi connectivity index (χ1) is 8.27. The van der Waals surface area contributed by atoms with Gasteiger partial charge in [0.15, 0.2) is 0 Å². The van der Waals surface area contributed by atoms with E-state index in [1.807, 2.05) is 30.3 Å². The lowest BCUT2D eigenvalue weighted by atomic mass is 10.1. The summed E-state index contributed by atoms with van der Waals surface area (Å²) in [7, 11) is 1.61. The first kappa shape index (κ1) is 13.7. The van der Waals surface area contributed by atoms with Crippen molar-refractivity contribution in [3.8, 4) is 0 Å². The maximum atomic E-state index is 11.6. The Morgan fingerprint density at radius 1 is 1.41 bits per heavy atom. The second-order valence-electron chi connectivity index (χ2n) is 3.81. The summed E-state index contributed by atoms with van der Waals surface area (Å²) in [4.78, 5) is 11.6. The minimum Gasteiger partial charge on any atom is -0.394 e. The molecule has 0 aromatic heterocycles. The van der Waals surface area contributed by atoms with Crippen LogP contribution in [0.4, 0.5) is 0 Å². The zero-order valence-electron chi connectivity index (χ0n) is 10.1. The first-order valence-electron chi connectivity index (χ1n) is 5.72. The number of amides is 1. The summed E-state index contributed by atoms with van der Waals surface area (Å²) in [5.74, 6) is -0.0649. The summed E-state index contributed by atoms with van der Waals surface area (Å²) in [5, 5.41) is 12.1. The summed E-state index contributed by atoms with van der Waals surface area (Å²) < 4.78 is 4.88. The van der Waals surface area contributed by atoms with Gasteiger partial charge >= 0.3 is 0 Å². The predicted octanol–water partition coefficient (Wildman–Crippen LogP) is 1.26. The summed E-state index contributed by atoms with van der Waals surface area (Å²) in [5.41, 5.74) is 0.912. The Morgan fingerprint density at radius 2 is 2.12 bits per heavy atom. The van der Waals surface area contributed by atoms with Crippen LogP contribution < -0.4 is 5.32 Å². The smallest absolute Gasteiger partial charge is 0.220 e. The molecule has 94 valence electrons. The minimum absolute atomic E-state index is 0.0649. The van der Waals surface area contributed by atoms with Crippen LogP contribution in [0.3, 0.4) is 0 Å².